The third-order valence-electron chi connectivity index (χ3n) is 3.15. The molecule has 0 saturated carbocycles. The number of para-hydroxylation sites is 1. The van der Waals surface area contributed by atoms with Crippen LogP contribution in [-0.2, 0) is 26.9 Å². The molecule has 25 heavy (non-hydrogen) atoms. The van der Waals surface area contributed by atoms with E-state index in [1.807, 2.05) is 22.1 Å². The van der Waals surface area contributed by atoms with Crippen molar-refractivity contribution in [2.75, 3.05) is 11.9 Å². The molecular formula is C16H13ClF3NO3S. The minimum Gasteiger partial charge on any atom is -0.456 e. The van der Waals surface area contributed by atoms with Gasteiger partial charge in [-0.1, -0.05) is 17.7 Å². The van der Waals surface area contributed by atoms with Crippen molar-refractivity contribution in [2.24, 2.45) is 0 Å². The maximum atomic E-state index is 12.9. The number of carbonyl (C=O) groups excluding carboxylic acids is 2. The number of nitrogens with one attached hydrogen (secondary N) is 1. The summed E-state index contributed by atoms with van der Waals surface area (Å²) in [4.78, 5) is 23.4. The first-order valence-corrected chi connectivity index (χ1v) is 8.41. The molecule has 0 atom stereocenters. The zero-order valence-electron chi connectivity index (χ0n) is 12.7. The molecule has 1 amide bonds. The van der Waals surface area contributed by atoms with Gasteiger partial charge in [0.15, 0.2) is 6.61 Å². The Morgan fingerprint density at radius 1 is 1.24 bits per heavy atom. The lowest BCUT2D eigenvalue weighted by molar-refractivity contribution is -0.147. The van der Waals surface area contributed by atoms with Crippen molar-refractivity contribution in [1.29, 1.82) is 0 Å². The highest BCUT2D eigenvalue weighted by atomic mass is 35.5. The van der Waals surface area contributed by atoms with E-state index in [1.54, 1.807) is 0 Å². The fourth-order valence-electron chi connectivity index (χ4n) is 1.96. The molecule has 0 aliphatic rings. The molecule has 1 aromatic carbocycles. The first kappa shape index (κ1) is 19.3. The number of alkyl halides is 3. The van der Waals surface area contributed by atoms with Crippen molar-refractivity contribution in [1.82, 2.24) is 0 Å². The summed E-state index contributed by atoms with van der Waals surface area (Å²) in [6, 6.07) is 5.01. The van der Waals surface area contributed by atoms with E-state index in [0.717, 1.165) is 17.7 Å². The fraction of sp³-hybridized carbons (Fsp3) is 0.250. The molecule has 0 aliphatic heterocycles. The van der Waals surface area contributed by atoms with Crippen molar-refractivity contribution >= 4 is 40.5 Å². The number of aryl methyl sites for hydroxylation is 1. The van der Waals surface area contributed by atoms with Crippen molar-refractivity contribution in [3.63, 3.8) is 0 Å². The zero-order chi connectivity index (χ0) is 18.4. The molecule has 1 heterocycles. The number of benzene rings is 1. The van der Waals surface area contributed by atoms with Crippen molar-refractivity contribution in [3.05, 3.63) is 51.2 Å². The van der Waals surface area contributed by atoms with Gasteiger partial charge in [-0.15, -0.1) is 0 Å². The normalized spacial score (nSPS) is 11.2. The van der Waals surface area contributed by atoms with Crippen LogP contribution < -0.4 is 5.32 Å². The first-order valence-electron chi connectivity index (χ1n) is 7.09. The van der Waals surface area contributed by atoms with Gasteiger partial charge < -0.3 is 10.1 Å². The summed E-state index contributed by atoms with van der Waals surface area (Å²) in [5.74, 6) is -1.51. The van der Waals surface area contributed by atoms with E-state index in [-0.39, 0.29) is 11.4 Å². The van der Waals surface area contributed by atoms with Gasteiger partial charge in [0, 0.05) is 6.42 Å². The van der Waals surface area contributed by atoms with Crippen LogP contribution in [0.4, 0.5) is 18.9 Å². The molecule has 1 N–H and O–H groups in total. The summed E-state index contributed by atoms with van der Waals surface area (Å²) >= 11 is 7.22. The van der Waals surface area contributed by atoms with Gasteiger partial charge in [0.25, 0.3) is 5.91 Å². The second-order valence-corrected chi connectivity index (χ2v) is 6.19. The standard InChI is InChI=1S/C16H13ClF3NO3S/c17-12-3-1-2-11(16(18,19)20)15(12)21-13(22)8-24-14(23)5-4-10-6-7-25-9-10/h1-3,6-7,9H,4-5,8H2,(H,21,22). The summed E-state index contributed by atoms with van der Waals surface area (Å²) in [6.45, 7) is -0.689. The molecule has 4 nitrogen and oxygen atoms in total. The molecular weight excluding hydrogens is 379 g/mol. The highest BCUT2D eigenvalue weighted by molar-refractivity contribution is 7.07. The quantitative estimate of drug-likeness (QED) is 0.736. The molecule has 0 unspecified atom stereocenters. The number of rotatable bonds is 6. The zero-order valence-corrected chi connectivity index (χ0v) is 14.3. The SMILES string of the molecule is O=C(COC(=O)CCc1ccsc1)Nc1c(Cl)cccc1C(F)(F)F. The van der Waals surface area contributed by atoms with E-state index in [1.165, 1.54) is 17.4 Å². The van der Waals surface area contributed by atoms with Gasteiger partial charge in [-0.2, -0.15) is 24.5 Å². The van der Waals surface area contributed by atoms with E-state index >= 15 is 0 Å². The van der Waals surface area contributed by atoms with Crippen molar-refractivity contribution in [2.45, 2.75) is 19.0 Å². The Balaban J connectivity index is 1.89. The lowest BCUT2D eigenvalue weighted by Gasteiger charge is -2.15. The van der Waals surface area contributed by atoms with Crippen LogP contribution in [-0.4, -0.2) is 18.5 Å². The van der Waals surface area contributed by atoms with Crippen LogP contribution in [0.15, 0.2) is 35.0 Å². The van der Waals surface area contributed by atoms with Crippen LogP contribution in [0.2, 0.25) is 5.02 Å². The predicted molar refractivity (Wildman–Crippen MR) is 88.7 cm³/mol. The summed E-state index contributed by atoms with van der Waals surface area (Å²) in [5.41, 5.74) is -0.662. The number of carbonyl (C=O) groups is 2. The predicted octanol–water partition coefficient (Wildman–Crippen LogP) is 4.53. The van der Waals surface area contributed by atoms with Gasteiger partial charge >= 0.3 is 12.1 Å². The van der Waals surface area contributed by atoms with Crippen LogP contribution in [0.5, 0.6) is 0 Å². The number of thiophene rings is 1. The first-order chi connectivity index (χ1) is 11.8. The Labute approximate surface area is 150 Å². The summed E-state index contributed by atoms with van der Waals surface area (Å²) in [7, 11) is 0. The molecule has 0 aliphatic carbocycles. The third kappa shape index (κ3) is 5.75. The molecule has 0 bridgehead atoms. The summed E-state index contributed by atoms with van der Waals surface area (Å²) in [5, 5.41) is 5.54. The van der Waals surface area contributed by atoms with Gasteiger partial charge in [-0.05, 0) is 40.9 Å². The number of anilines is 1. The minimum absolute atomic E-state index is 0.0733. The molecule has 0 spiro atoms. The number of ether oxygens (including phenoxy) is 1. The van der Waals surface area contributed by atoms with Crippen LogP contribution in [0, 0.1) is 0 Å². The van der Waals surface area contributed by atoms with E-state index in [2.05, 4.69) is 0 Å². The molecule has 9 heteroatoms. The largest absolute Gasteiger partial charge is 0.456 e. The molecule has 2 rings (SSSR count). The Hall–Kier alpha value is -2.06. The third-order valence-corrected chi connectivity index (χ3v) is 4.19. The van der Waals surface area contributed by atoms with Crippen LogP contribution in [0.1, 0.15) is 17.5 Å². The van der Waals surface area contributed by atoms with Gasteiger partial charge in [-0.25, -0.2) is 0 Å². The van der Waals surface area contributed by atoms with Crippen molar-refractivity contribution in [3.8, 4) is 0 Å². The Morgan fingerprint density at radius 3 is 2.64 bits per heavy atom. The molecule has 0 fully saturated rings. The van der Waals surface area contributed by atoms with Crippen molar-refractivity contribution < 1.29 is 27.5 Å². The Morgan fingerprint density at radius 2 is 2.00 bits per heavy atom. The highest BCUT2D eigenvalue weighted by Gasteiger charge is 2.34. The van der Waals surface area contributed by atoms with Gasteiger partial charge in [0.2, 0.25) is 0 Å². The molecule has 134 valence electrons. The lowest BCUT2D eigenvalue weighted by atomic mass is 10.1. The van der Waals surface area contributed by atoms with E-state index in [4.69, 9.17) is 16.3 Å². The van der Waals surface area contributed by atoms with Gasteiger partial charge in [0.05, 0.1) is 16.3 Å². The van der Waals surface area contributed by atoms with E-state index in [9.17, 15) is 22.8 Å². The van der Waals surface area contributed by atoms with Gasteiger partial charge in [-0.3, -0.25) is 9.59 Å². The number of hydrogen-bond acceptors (Lipinski definition) is 4. The van der Waals surface area contributed by atoms with Crippen LogP contribution in [0.3, 0.4) is 0 Å². The molecule has 1 aromatic heterocycles. The van der Waals surface area contributed by atoms with Gasteiger partial charge in [0.1, 0.15) is 0 Å². The number of amides is 1. The topological polar surface area (TPSA) is 55.4 Å². The van der Waals surface area contributed by atoms with E-state index < -0.39 is 35.9 Å². The maximum absolute atomic E-state index is 12.9. The average Bonchev–Trinajstić information content (AvgIpc) is 3.05. The second-order valence-electron chi connectivity index (χ2n) is 5.00. The number of halogens is 4. The molecule has 2 aromatic rings. The Kier molecular flexibility index (Phi) is 6.44. The number of hydrogen-bond donors (Lipinski definition) is 1. The molecule has 0 radical (unpaired) electrons. The molecule has 0 saturated heterocycles. The number of esters is 1. The lowest BCUT2D eigenvalue weighted by Crippen LogP contribution is -2.23. The average molecular weight is 392 g/mol. The Bertz CT molecular complexity index is 748. The second kappa shape index (κ2) is 8.35. The maximum Gasteiger partial charge on any atom is 0.418 e. The van der Waals surface area contributed by atoms with E-state index in [0.29, 0.717) is 6.42 Å². The van der Waals surface area contributed by atoms with Crippen LogP contribution >= 0.6 is 22.9 Å². The van der Waals surface area contributed by atoms with Crippen LogP contribution in [0.25, 0.3) is 0 Å². The monoisotopic (exact) mass is 391 g/mol. The highest BCUT2D eigenvalue weighted by Crippen LogP contribution is 2.38. The minimum atomic E-state index is -4.68. The fourth-order valence-corrected chi connectivity index (χ4v) is 2.89. The smallest absolute Gasteiger partial charge is 0.418 e. The summed E-state index contributed by atoms with van der Waals surface area (Å²) < 4.78 is 43.6. The summed E-state index contributed by atoms with van der Waals surface area (Å²) in [6.07, 6.45) is -4.14.